The monoisotopic (exact) mass is 314 g/mol. The summed E-state index contributed by atoms with van der Waals surface area (Å²) in [6, 6.07) is 8.46. The summed E-state index contributed by atoms with van der Waals surface area (Å²) in [7, 11) is 0. The Morgan fingerprint density at radius 1 is 1.39 bits per heavy atom. The summed E-state index contributed by atoms with van der Waals surface area (Å²) in [6.45, 7) is 8.48. The lowest BCUT2D eigenvalue weighted by molar-refractivity contribution is 0.117. The summed E-state index contributed by atoms with van der Waals surface area (Å²) in [4.78, 5) is 15.4. The fourth-order valence-corrected chi connectivity index (χ4v) is 3.52. The molecule has 2 aromatic rings. The number of carbonyl (C=O) groups excluding carboxylic acids is 1. The molecule has 4 nitrogen and oxygen atoms in total. The van der Waals surface area contributed by atoms with Crippen LogP contribution in [0.4, 0.5) is 4.79 Å². The van der Waals surface area contributed by atoms with Gasteiger partial charge in [0.15, 0.2) is 0 Å². The van der Waals surface area contributed by atoms with Crippen LogP contribution in [0.2, 0.25) is 0 Å². The van der Waals surface area contributed by atoms with E-state index in [9.17, 15) is 4.79 Å². The zero-order chi connectivity index (χ0) is 16.6. The van der Waals surface area contributed by atoms with Gasteiger partial charge in [-0.05, 0) is 57.1 Å². The average molecular weight is 314 g/mol. The molecule has 1 amide bonds. The third-order valence-corrected chi connectivity index (χ3v) is 4.55. The number of aryl methyl sites for hydroxylation is 1. The van der Waals surface area contributed by atoms with Crippen molar-refractivity contribution in [1.82, 2.24) is 10.3 Å². The lowest BCUT2D eigenvalue weighted by Gasteiger charge is -2.23. The summed E-state index contributed by atoms with van der Waals surface area (Å²) in [5.41, 5.74) is 3.72. The zero-order valence-electron chi connectivity index (χ0n) is 14.4. The van der Waals surface area contributed by atoms with Gasteiger partial charge in [-0.2, -0.15) is 0 Å². The molecule has 0 saturated carbocycles. The molecule has 0 saturated heterocycles. The van der Waals surface area contributed by atoms with E-state index in [1.807, 2.05) is 20.8 Å². The zero-order valence-corrected chi connectivity index (χ0v) is 14.4. The van der Waals surface area contributed by atoms with Crippen LogP contribution in [0.25, 0.3) is 10.9 Å². The average Bonchev–Trinajstić information content (AvgIpc) is 3.01. The van der Waals surface area contributed by atoms with Crippen LogP contribution in [0.5, 0.6) is 0 Å². The third kappa shape index (κ3) is 3.36. The van der Waals surface area contributed by atoms with Gasteiger partial charge in [-0.3, -0.25) is 0 Å². The van der Waals surface area contributed by atoms with Crippen molar-refractivity contribution in [3.8, 4) is 0 Å². The van der Waals surface area contributed by atoms with Gasteiger partial charge in [0.1, 0.15) is 0 Å². The fraction of sp³-hybridized carbons (Fsp3) is 0.526. The minimum absolute atomic E-state index is 0.266. The summed E-state index contributed by atoms with van der Waals surface area (Å²) in [5, 5.41) is 4.16. The normalized spacial score (nSPS) is 18.7. The van der Waals surface area contributed by atoms with Crippen LogP contribution in [0.1, 0.15) is 51.3 Å². The molecule has 2 atom stereocenters. The number of hydrogen-bond acceptors (Lipinski definition) is 2. The molecule has 0 radical (unpaired) electrons. The number of para-hydroxylation sites is 1. The first kappa shape index (κ1) is 15.9. The Balaban J connectivity index is 1.69. The molecule has 0 unspecified atom stereocenters. The Bertz CT molecular complexity index is 712. The number of rotatable bonds is 3. The van der Waals surface area contributed by atoms with E-state index in [-0.39, 0.29) is 11.6 Å². The van der Waals surface area contributed by atoms with Gasteiger partial charge in [-0.15, -0.1) is 0 Å². The first-order valence-corrected chi connectivity index (χ1v) is 8.39. The second-order valence-corrected chi connectivity index (χ2v) is 7.66. The number of fused-ring (bicyclic) bond motifs is 3. The van der Waals surface area contributed by atoms with Crippen molar-refractivity contribution < 1.29 is 9.53 Å². The van der Waals surface area contributed by atoms with E-state index in [4.69, 9.17) is 4.74 Å². The highest BCUT2D eigenvalue weighted by atomic mass is 16.5. The number of amides is 1. The van der Waals surface area contributed by atoms with Gasteiger partial charge in [-0.25, -0.2) is 4.79 Å². The lowest BCUT2D eigenvalue weighted by Crippen LogP contribution is -2.41. The molecule has 4 heteroatoms. The Hall–Kier alpha value is -1.97. The number of hydrogen-bond donors (Lipinski definition) is 2. The number of benzene rings is 1. The van der Waals surface area contributed by atoms with Crippen molar-refractivity contribution >= 4 is 17.0 Å². The van der Waals surface area contributed by atoms with E-state index in [1.165, 1.54) is 22.2 Å². The van der Waals surface area contributed by atoms with Crippen LogP contribution in [0, 0.1) is 5.92 Å². The van der Waals surface area contributed by atoms with Crippen LogP contribution in [0.15, 0.2) is 24.3 Å². The Labute approximate surface area is 137 Å². The molecular weight excluding hydrogens is 288 g/mol. The molecule has 1 aromatic carbocycles. The molecule has 1 aromatic heterocycles. The second-order valence-electron chi connectivity index (χ2n) is 7.66. The summed E-state index contributed by atoms with van der Waals surface area (Å²) >= 11 is 0. The van der Waals surface area contributed by atoms with Crippen molar-refractivity contribution in [2.75, 3.05) is 6.61 Å². The van der Waals surface area contributed by atoms with Crippen LogP contribution in [-0.2, 0) is 11.2 Å². The Kier molecular flexibility index (Phi) is 4.09. The molecule has 124 valence electrons. The maximum Gasteiger partial charge on any atom is 0.407 e. The standard InChI is InChI=1S/C19H26N2O2/c1-12(11-23-18(22)21-19(2,3)4)13-9-10-16-17(13)14-7-5-6-8-15(14)20-16/h5-8,12-13,20H,9-11H2,1-4H3,(H,21,22)/t12-,13+/m0/s1. The highest BCUT2D eigenvalue weighted by Crippen LogP contribution is 2.42. The first-order valence-electron chi connectivity index (χ1n) is 8.39. The number of H-pyrrole nitrogens is 1. The predicted molar refractivity (Wildman–Crippen MR) is 92.8 cm³/mol. The summed E-state index contributed by atoms with van der Waals surface area (Å²) in [6.07, 6.45) is 1.87. The van der Waals surface area contributed by atoms with E-state index >= 15 is 0 Å². The van der Waals surface area contributed by atoms with Crippen LogP contribution in [-0.4, -0.2) is 23.2 Å². The number of ether oxygens (including phenoxy) is 1. The van der Waals surface area contributed by atoms with E-state index in [0.29, 0.717) is 18.4 Å². The fourth-order valence-electron chi connectivity index (χ4n) is 3.52. The molecule has 0 fully saturated rings. The van der Waals surface area contributed by atoms with Crippen molar-refractivity contribution in [2.24, 2.45) is 5.92 Å². The SMILES string of the molecule is C[C@@H](COC(=O)NC(C)(C)C)[C@H]1CCc2[nH]c3ccccc3c21. The summed E-state index contributed by atoms with van der Waals surface area (Å²) in [5.74, 6) is 0.754. The van der Waals surface area contributed by atoms with Gasteiger partial charge in [0.2, 0.25) is 0 Å². The van der Waals surface area contributed by atoms with E-state index in [2.05, 4.69) is 41.5 Å². The van der Waals surface area contributed by atoms with E-state index < -0.39 is 0 Å². The number of nitrogens with one attached hydrogen (secondary N) is 2. The van der Waals surface area contributed by atoms with Gasteiger partial charge >= 0.3 is 6.09 Å². The molecule has 3 rings (SSSR count). The maximum atomic E-state index is 11.8. The quantitative estimate of drug-likeness (QED) is 0.884. The highest BCUT2D eigenvalue weighted by molar-refractivity contribution is 5.85. The molecule has 0 aliphatic heterocycles. The Morgan fingerprint density at radius 3 is 2.87 bits per heavy atom. The van der Waals surface area contributed by atoms with E-state index in [0.717, 1.165) is 12.8 Å². The van der Waals surface area contributed by atoms with E-state index in [1.54, 1.807) is 0 Å². The van der Waals surface area contributed by atoms with Crippen molar-refractivity contribution in [2.45, 2.75) is 52.0 Å². The first-order chi connectivity index (χ1) is 10.8. The molecule has 2 N–H and O–H groups in total. The largest absolute Gasteiger partial charge is 0.449 e. The van der Waals surface area contributed by atoms with Gasteiger partial charge in [0, 0.05) is 22.1 Å². The molecule has 23 heavy (non-hydrogen) atoms. The van der Waals surface area contributed by atoms with Crippen LogP contribution in [0.3, 0.4) is 0 Å². The van der Waals surface area contributed by atoms with Gasteiger partial charge in [0.25, 0.3) is 0 Å². The number of aromatic nitrogens is 1. The van der Waals surface area contributed by atoms with Crippen molar-refractivity contribution in [3.63, 3.8) is 0 Å². The number of alkyl carbamates (subject to hydrolysis) is 1. The number of carbonyl (C=O) groups is 1. The number of aromatic amines is 1. The van der Waals surface area contributed by atoms with Crippen molar-refractivity contribution in [1.29, 1.82) is 0 Å². The second kappa shape index (κ2) is 5.91. The summed E-state index contributed by atoms with van der Waals surface area (Å²) < 4.78 is 5.44. The van der Waals surface area contributed by atoms with Crippen molar-refractivity contribution in [3.05, 3.63) is 35.5 Å². The molecule has 1 aliphatic rings. The molecule has 0 spiro atoms. The maximum absolute atomic E-state index is 11.8. The third-order valence-electron chi connectivity index (χ3n) is 4.55. The van der Waals surface area contributed by atoms with Gasteiger partial charge in [-0.1, -0.05) is 25.1 Å². The molecule has 1 aliphatic carbocycles. The smallest absolute Gasteiger partial charge is 0.407 e. The predicted octanol–water partition coefficient (Wildman–Crippen LogP) is 4.36. The van der Waals surface area contributed by atoms with Gasteiger partial charge in [0.05, 0.1) is 6.61 Å². The minimum Gasteiger partial charge on any atom is -0.449 e. The minimum atomic E-state index is -0.332. The lowest BCUT2D eigenvalue weighted by atomic mass is 9.88. The topological polar surface area (TPSA) is 54.1 Å². The highest BCUT2D eigenvalue weighted by Gasteiger charge is 2.31. The molecule has 1 heterocycles. The Morgan fingerprint density at radius 2 is 2.13 bits per heavy atom. The molecule has 0 bridgehead atoms. The van der Waals surface area contributed by atoms with Gasteiger partial charge < -0.3 is 15.0 Å². The molecular formula is C19H26N2O2. The van der Waals surface area contributed by atoms with Crippen LogP contribution < -0.4 is 5.32 Å². The van der Waals surface area contributed by atoms with Crippen LogP contribution >= 0.6 is 0 Å².